The summed E-state index contributed by atoms with van der Waals surface area (Å²) in [5, 5.41) is 15.2. The molecule has 0 saturated heterocycles. The molecule has 0 spiro atoms. The standard InChI is InChI=1S/C14H17ClN2O2/c1-9-14(15)10(2)17(16-9)8-13(18)11-5-4-6-12(7-11)19-3/h4-7,13,18H,8H2,1-3H3. The number of rotatable bonds is 4. The Hall–Kier alpha value is -1.52. The van der Waals surface area contributed by atoms with Crippen LogP contribution in [0.15, 0.2) is 24.3 Å². The van der Waals surface area contributed by atoms with Gasteiger partial charge in [0.2, 0.25) is 0 Å². The summed E-state index contributed by atoms with van der Waals surface area (Å²) in [6.07, 6.45) is -0.649. The van der Waals surface area contributed by atoms with Crippen molar-refractivity contribution in [3.05, 3.63) is 46.2 Å². The van der Waals surface area contributed by atoms with Crippen molar-refractivity contribution in [2.24, 2.45) is 0 Å². The zero-order chi connectivity index (χ0) is 14.0. The van der Waals surface area contributed by atoms with Gasteiger partial charge in [-0.1, -0.05) is 23.7 Å². The Morgan fingerprint density at radius 2 is 2.16 bits per heavy atom. The van der Waals surface area contributed by atoms with Gasteiger partial charge in [-0.25, -0.2) is 0 Å². The first-order valence-corrected chi connectivity index (χ1v) is 6.42. The molecular formula is C14H17ClN2O2. The van der Waals surface area contributed by atoms with Gasteiger partial charge in [-0.15, -0.1) is 0 Å². The molecule has 1 N–H and O–H groups in total. The molecule has 0 fully saturated rings. The van der Waals surface area contributed by atoms with Crippen molar-refractivity contribution >= 4 is 11.6 Å². The first-order valence-electron chi connectivity index (χ1n) is 6.04. The van der Waals surface area contributed by atoms with Crippen molar-refractivity contribution in [3.63, 3.8) is 0 Å². The van der Waals surface area contributed by atoms with Gasteiger partial charge < -0.3 is 9.84 Å². The zero-order valence-electron chi connectivity index (χ0n) is 11.2. The van der Waals surface area contributed by atoms with Crippen LogP contribution in [0.4, 0.5) is 0 Å². The third kappa shape index (κ3) is 2.91. The molecule has 0 aliphatic carbocycles. The molecule has 0 saturated carbocycles. The molecule has 2 rings (SSSR count). The van der Waals surface area contributed by atoms with E-state index in [-0.39, 0.29) is 0 Å². The Labute approximate surface area is 117 Å². The Bertz CT molecular complexity index is 581. The Morgan fingerprint density at radius 3 is 2.74 bits per heavy atom. The first kappa shape index (κ1) is 13.9. The summed E-state index contributed by atoms with van der Waals surface area (Å²) in [7, 11) is 1.60. The Balaban J connectivity index is 2.20. The summed E-state index contributed by atoms with van der Waals surface area (Å²) in [4.78, 5) is 0. The number of halogens is 1. The van der Waals surface area contributed by atoms with E-state index in [1.807, 2.05) is 38.1 Å². The molecule has 19 heavy (non-hydrogen) atoms. The van der Waals surface area contributed by atoms with Crippen LogP contribution in [0.3, 0.4) is 0 Å². The fourth-order valence-corrected chi connectivity index (χ4v) is 2.11. The summed E-state index contributed by atoms with van der Waals surface area (Å²) < 4.78 is 6.87. The number of methoxy groups -OCH3 is 1. The first-order chi connectivity index (χ1) is 9.02. The zero-order valence-corrected chi connectivity index (χ0v) is 12.0. The lowest BCUT2D eigenvalue weighted by molar-refractivity contribution is 0.150. The number of aliphatic hydroxyl groups excluding tert-OH is 1. The lowest BCUT2D eigenvalue weighted by Crippen LogP contribution is -2.11. The van der Waals surface area contributed by atoms with Crippen molar-refractivity contribution < 1.29 is 9.84 Å². The molecular weight excluding hydrogens is 264 g/mol. The molecule has 5 heteroatoms. The predicted octanol–water partition coefficient (Wildman–Crippen LogP) is 2.90. The van der Waals surface area contributed by atoms with E-state index in [0.717, 1.165) is 22.7 Å². The average molecular weight is 281 g/mol. The third-order valence-electron chi connectivity index (χ3n) is 3.12. The second-order valence-corrected chi connectivity index (χ2v) is 4.84. The van der Waals surface area contributed by atoms with Crippen LogP contribution < -0.4 is 4.74 Å². The number of aryl methyl sites for hydroxylation is 1. The molecule has 1 aromatic carbocycles. The van der Waals surface area contributed by atoms with Gasteiger partial charge >= 0.3 is 0 Å². The van der Waals surface area contributed by atoms with Gasteiger partial charge in [0.1, 0.15) is 5.75 Å². The van der Waals surface area contributed by atoms with Crippen LogP contribution in [0.25, 0.3) is 0 Å². The van der Waals surface area contributed by atoms with Crippen LogP contribution in [0.1, 0.15) is 23.1 Å². The number of nitrogens with zero attached hydrogens (tertiary/aromatic N) is 2. The normalized spacial score (nSPS) is 12.5. The maximum absolute atomic E-state index is 10.3. The maximum Gasteiger partial charge on any atom is 0.119 e. The second-order valence-electron chi connectivity index (χ2n) is 4.46. The minimum Gasteiger partial charge on any atom is -0.497 e. The molecule has 0 bridgehead atoms. The van der Waals surface area contributed by atoms with Gasteiger partial charge in [0.25, 0.3) is 0 Å². The number of hydrogen-bond acceptors (Lipinski definition) is 3. The molecule has 0 aliphatic rings. The van der Waals surface area contributed by atoms with Crippen molar-refractivity contribution in [1.29, 1.82) is 0 Å². The highest BCUT2D eigenvalue weighted by Crippen LogP contribution is 2.23. The molecule has 102 valence electrons. The molecule has 1 aromatic heterocycles. The highest BCUT2D eigenvalue weighted by atomic mass is 35.5. The van der Waals surface area contributed by atoms with E-state index in [0.29, 0.717) is 11.6 Å². The van der Waals surface area contributed by atoms with Gasteiger partial charge in [0, 0.05) is 0 Å². The summed E-state index contributed by atoms with van der Waals surface area (Å²) in [6, 6.07) is 7.38. The highest BCUT2D eigenvalue weighted by molar-refractivity contribution is 6.31. The van der Waals surface area contributed by atoms with Crippen molar-refractivity contribution in [2.75, 3.05) is 7.11 Å². The fraction of sp³-hybridized carbons (Fsp3) is 0.357. The summed E-state index contributed by atoms with van der Waals surface area (Å²) in [5.41, 5.74) is 2.43. The van der Waals surface area contributed by atoms with Gasteiger partial charge in [0.15, 0.2) is 0 Å². The SMILES string of the molecule is COc1cccc(C(O)Cn2nc(C)c(Cl)c2C)c1. The van der Waals surface area contributed by atoms with Gasteiger partial charge in [-0.05, 0) is 31.5 Å². The molecule has 1 heterocycles. The van der Waals surface area contributed by atoms with Gasteiger partial charge in [-0.3, -0.25) is 4.68 Å². The van der Waals surface area contributed by atoms with E-state index in [1.165, 1.54) is 0 Å². The van der Waals surface area contributed by atoms with Crippen LogP contribution in [0, 0.1) is 13.8 Å². The van der Waals surface area contributed by atoms with Crippen LogP contribution in [-0.4, -0.2) is 22.0 Å². The maximum atomic E-state index is 10.3. The van der Waals surface area contributed by atoms with E-state index < -0.39 is 6.10 Å². The number of benzene rings is 1. The van der Waals surface area contributed by atoms with E-state index in [1.54, 1.807) is 11.8 Å². The number of aromatic nitrogens is 2. The monoisotopic (exact) mass is 280 g/mol. The highest BCUT2D eigenvalue weighted by Gasteiger charge is 2.14. The number of ether oxygens (including phenoxy) is 1. The molecule has 4 nitrogen and oxygen atoms in total. The average Bonchev–Trinajstić information content (AvgIpc) is 2.66. The largest absolute Gasteiger partial charge is 0.497 e. The predicted molar refractivity (Wildman–Crippen MR) is 74.7 cm³/mol. The Kier molecular flexibility index (Phi) is 4.12. The van der Waals surface area contributed by atoms with Crippen LogP contribution in [0.5, 0.6) is 5.75 Å². The van der Waals surface area contributed by atoms with Crippen molar-refractivity contribution in [3.8, 4) is 5.75 Å². The topological polar surface area (TPSA) is 47.3 Å². The van der Waals surface area contributed by atoms with Crippen LogP contribution in [-0.2, 0) is 6.54 Å². The van der Waals surface area contributed by atoms with E-state index in [9.17, 15) is 5.11 Å². The lowest BCUT2D eigenvalue weighted by Gasteiger charge is -2.13. The molecule has 1 atom stereocenters. The third-order valence-corrected chi connectivity index (χ3v) is 3.66. The molecule has 0 amide bonds. The Morgan fingerprint density at radius 1 is 1.42 bits per heavy atom. The minimum atomic E-state index is -0.649. The molecule has 0 radical (unpaired) electrons. The van der Waals surface area contributed by atoms with Gasteiger partial charge in [0.05, 0.1) is 36.2 Å². The van der Waals surface area contributed by atoms with E-state index in [4.69, 9.17) is 16.3 Å². The summed E-state index contributed by atoms with van der Waals surface area (Å²) in [6.45, 7) is 4.11. The lowest BCUT2D eigenvalue weighted by atomic mass is 10.1. The van der Waals surface area contributed by atoms with Crippen LogP contribution in [0.2, 0.25) is 5.02 Å². The number of aliphatic hydroxyl groups is 1. The van der Waals surface area contributed by atoms with E-state index >= 15 is 0 Å². The molecule has 1 unspecified atom stereocenters. The second kappa shape index (κ2) is 5.63. The summed E-state index contributed by atoms with van der Waals surface area (Å²) in [5.74, 6) is 0.725. The van der Waals surface area contributed by atoms with E-state index in [2.05, 4.69) is 5.10 Å². The van der Waals surface area contributed by atoms with Crippen LogP contribution >= 0.6 is 11.6 Å². The summed E-state index contributed by atoms with van der Waals surface area (Å²) >= 11 is 6.09. The molecule has 0 aliphatic heterocycles. The quantitative estimate of drug-likeness (QED) is 0.937. The minimum absolute atomic E-state index is 0.368. The van der Waals surface area contributed by atoms with Crippen molar-refractivity contribution in [1.82, 2.24) is 9.78 Å². The van der Waals surface area contributed by atoms with Gasteiger partial charge in [-0.2, -0.15) is 5.10 Å². The molecule has 2 aromatic rings. The smallest absolute Gasteiger partial charge is 0.119 e. The fourth-order valence-electron chi connectivity index (χ4n) is 1.97. The van der Waals surface area contributed by atoms with Crippen molar-refractivity contribution in [2.45, 2.75) is 26.5 Å². The number of hydrogen-bond donors (Lipinski definition) is 1.